The van der Waals surface area contributed by atoms with Crippen molar-refractivity contribution < 1.29 is 0 Å². The van der Waals surface area contributed by atoms with Crippen LogP contribution >= 0.6 is 0 Å². The van der Waals surface area contributed by atoms with Gasteiger partial charge in [0.25, 0.3) is 0 Å². The SMILES string of the molecule is CN=[N+]=N. The molecule has 0 amide bonds. The average Bonchev–Trinajstić information content (AvgIpc) is 1.37. The van der Waals surface area contributed by atoms with Crippen molar-refractivity contribution in [2.75, 3.05) is 7.05 Å². The minimum absolute atomic E-state index is 1.45. The van der Waals surface area contributed by atoms with E-state index in [-0.39, 0.29) is 0 Å². The molecule has 22 valence electrons. The van der Waals surface area contributed by atoms with Gasteiger partial charge in [-0.15, -0.1) is 0 Å². The maximum Gasteiger partial charge on any atom is 0.213 e. The van der Waals surface area contributed by atoms with E-state index in [1.54, 1.807) is 0 Å². The predicted molar refractivity (Wildman–Crippen MR) is 13.2 cm³/mol. The highest BCUT2D eigenvalue weighted by Gasteiger charge is 1.45. The molecular formula is CH4N3+. The molecule has 0 aromatic rings. The van der Waals surface area contributed by atoms with Crippen LogP contribution < -0.4 is 4.91 Å². The molecular weight excluding hydrogens is 54.0 g/mol. The molecule has 0 rings (SSSR count). The number of hydrogen-bond acceptors (Lipinski definition) is 2. The lowest BCUT2D eigenvalue weighted by Crippen LogP contribution is -1.43. The highest BCUT2D eigenvalue weighted by molar-refractivity contribution is 3.77. The van der Waals surface area contributed by atoms with Gasteiger partial charge in [0, 0.05) is 0 Å². The molecule has 0 aliphatic carbocycles. The maximum atomic E-state index is 5.91. The van der Waals surface area contributed by atoms with Gasteiger partial charge in [-0.25, -0.2) is 0 Å². The third-order valence-corrected chi connectivity index (χ3v) is 0.100. The fourth-order valence-corrected chi connectivity index (χ4v) is 0. The van der Waals surface area contributed by atoms with E-state index >= 15 is 0 Å². The zero-order chi connectivity index (χ0) is 3.41. The van der Waals surface area contributed by atoms with E-state index < -0.39 is 0 Å². The molecule has 0 radical (unpaired) electrons. The molecule has 3 heteroatoms. The average molecular weight is 58.1 g/mol. The van der Waals surface area contributed by atoms with Gasteiger partial charge in [0.2, 0.25) is 4.91 Å². The molecule has 0 unspecified atom stereocenters. The zero-order valence-electron chi connectivity index (χ0n) is 2.39. The van der Waals surface area contributed by atoms with Crippen LogP contribution in [0, 0.1) is 5.53 Å². The summed E-state index contributed by atoms with van der Waals surface area (Å²) in [5, 5.41) is 3.03. The second-order valence-electron chi connectivity index (χ2n) is 0.300. The smallest absolute Gasteiger partial charge is 0.103 e. The first-order valence-electron chi connectivity index (χ1n) is 0.871. The molecule has 0 aromatic heterocycles. The van der Waals surface area contributed by atoms with Crippen LogP contribution in [0.25, 0.3) is 0 Å². The van der Waals surface area contributed by atoms with Crippen molar-refractivity contribution in [2.24, 2.45) is 5.11 Å². The van der Waals surface area contributed by atoms with Gasteiger partial charge < -0.3 is 0 Å². The molecule has 0 atom stereocenters. The lowest BCUT2D eigenvalue weighted by atomic mass is 11.6. The van der Waals surface area contributed by atoms with Crippen molar-refractivity contribution in [1.82, 2.24) is 4.91 Å². The number of hydrogen-bond donors (Lipinski definition) is 1. The number of nitrogens with one attached hydrogen (secondary N) is 1. The number of nitrogens with zero attached hydrogens (tertiary/aromatic N) is 2. The Morgan fingerprint density at radius 1 is 2.00 bits per heavy atom. The lowest BCUT2D eigenvalue weighted by Gasteiger charge is -1.17. The van der Waals surface area contributed by atoms with E-state index in [9.17, 15) is 0 Å². The summed E-state index contributed by atoms with van der Waals surface area (Å²) < 4.78 is 0. The Morgan fingerprint density at radius 2 is 2.25 bits per heavy atom. The first kappa shape index (κ1) is 3.31. The molecule has 0 saturated carbocycles. The van der Waals surface area contributed by atoms with Gasteiger partial charge in [-0.05, 0) is 0 Å². The lowest BCUT2D eigenvalue weighted by molar-refractivity contribution is 0.960. The summed E-state index contributed by atoms with van der Waals surface area (Å²) in [6.07, 6.45) is 0. The third-order valence-electron chi connectivity index (χ3n) is 0.100. The molecule has 0 bridgehead atoms. The molecule has 0 heterocycles. The van der Waals surface area contributed by atoms with Crippen LogP contribution in [0.4, 0.5) is 0 Å². The van der Waals surface area contributed by atoms with Crippen LogP contribution in [-0.2, 0) is 0 Å². The van der Waals surface area contributed by atoms with Crippen LogP contribution in [0.1, 0.15) is 0 Å². The van der Waals surface area contributed by atoms with Gasteiger partial charge in [-0.3, -0.25) is 0 Å². The van der Waals surface area contributed by atoms with Crippen LogP contribution in [0.3, 0.4) is 0 Å². The molecule has 0 spiro atoms. The topological polar surface area (TPSA) is 50.3 Å². The Bertz CT molecular complexity index is 41.2. The summed E-state index contributed by atoms with van der Waals surface area (Å²) in [6.45, 7) is 0. The van der Waals surface area contributed by atoms with Crippen LogP contribution in [-0.4, -0.2) is 7.05 Å². The molecule has 0 aromatic carbocycles. The molecule has 4 heavy (non-hydrogen) atoms. The van der Waals surface area contributed by atoms with Gasteiger partial charge in [-0.2, -0.15) is 0 Å². The molecule has 3 nitrogen and oxygen atoms in total. The summed E-state index contributed by atoms with van der Waals surface area (Å²) in [4.78, 5) is 2.61. The second-order valence-corrected chi connectivity index (χ2v) is 0.300. The summed E-state index contributed by atoms with van der Waals surface area (Å²) in [5.74, 6) is 0. The summed E-state index contributed by atoms with van der Waals surface area (Å²) in [5.41, 5.74) is 5.91. The summed E-state index contributed by atoms with van der Waals surface area (Å²) in [7, 11) is 1.45. The van der Waals surface area contributed by atoms with Crippen molar-refractivity contribution in [2.45, 2.75) is 0 Å². The van der Waals surface area contributed by atoms with E-state index in [4.69, 9.17) is 5.53 Å². The van der Waals surface area contributed by atoms with Crippen molar-refractivity contribution in [3.05, 3.63) is 0 Å². The van der Waals surface area contributed by atoms with E-state index in [1.807, 2.05) is 0 Å². The minimum Gasteiger partial charge on any atom is 0.103 e. The molecule has 0 aliphatic rings. The van der Waals surface area contributed by atoms with Crippen LogP contribution in [0.2, 0.25) is 0 Å². The van der Waals surface area contributed by atoms with E-state index in [0.717, 1.165) is 0 Å². The van der Waals surface area contributed by atoms with Gasteiger partial charge >= 0.3 is 0 Å². The van der Waals surface area contributed by atoms with Crippen molar-refractivity contribution >= 4 is 0 Å². The summed E-state index contributed by atoms with van der Waals surface area (Å²) >= 11 is 0. The maximum absolute atomic E-state index is 5.91. The Morgan fingerprint density at radius 3 is 2.25 bits per heavy atom. The third kappa shape index (κ3) is 1.31. The summed E-state index contributed by atoms with van der Waals surface area (Å²) in [6, 6.07) is 0. The van der Waals surface area contributed by atoms with E-state index in [0.29, 0.717) is 0 Å². The second kappa shape index (κ2) is 2.31. The van der Waals surface area contributed by atoms with Crippen LogP contribution in [0.5, 0.6) is 0 Å². The van der Waals surface area contributed by atoms with E-state index in [1.165, 1.54) is 7.05 Å². The largest absolute Gasteiger partial charge is 0.213 e. The van der Waals surface area contributed by atoms with Gasteiger partial charge in [0.15, 0.2) is 0 Å². The Hall–Kier alpha value is -0.690. The van der Waals surface area contributed by atoms with Crippen molar-refractivity contribution in [1.29, 1.82) is 5.53 Å². The Kier molecular flexibility index (Phi) is 1.91. The fraction of sp³-hybridized carbons (Fsp3) is 1.00. The van der Waals surface area contributed by atoms with Gasteiger partial charge in [-0.1, -0.05) is 0 Å². The van der Waals surface area contributed by atoms with Crippen molar-refractivity contribution in [3.8, 4) is 0 Å². The molecule has 0 saturated heterocycles. The van der Waals surface area contributed by atoms with Gasteiger partial charge in [0.05, 0.1) is 0 Å². The minimum atomic E-state index is 1.45. The molecule has 0 aliphatic heterocycles. The first-order valence-corrected chi connectivity index (χ1v) is 0.871. The molecule has 0 fully saturated rings. The fourth-order valence-electron chi connectivity index (χ4n) is 0. The quantitative estimate of drug-likeness (QED) is 0.305. The normalized spacial score (nSPS) is 4.25. The highest BCUT2D eigenvalue weighted by Crippen LogP contribution is 1.25. The molecule has 1 N–H and O–H groups in total. The van der Waals surface area contributed by atoms with Gasteiger partial charge in [0.1, 0.15) is 17.7 Å². The standard InChI is InChI=1S/CH4N3/c1-3-4-2/h2H,1H3/q+1. The number of rotatable bonds is 0. The van der Waals surface area contributed by atoms with Crippen LogP contribution in [0.15, 0.2) is 5.11 Å². The monoisotopic (exact) mass is 58.0 g/mol. The Balaban J connectivity index is 3.11. The van der Waals surface area contributed by atoms with Crippen molar-refractivity contribution in [3.63, 3.8) is 0 Å². The highest BCUT2D eigenvalue weighted by atomic mass is 15.1. The van der Waals surface area contributed by atoms with E-state index in [2.05, 4.69) is 10.0 Å². The first-order chi connectivity index (χ1) is 1.91. The predicted octanol–water partition coefficient (Wildman–Crippen LogP) is 0.167. The Labute approximate surface area is 23.9 Å². The zero-order valence-corrected chi connectivity index (χ0v) is 2.39.